The van der Waals surface area contributed by atoms with Gasteiger partial charge in [-0.3, -0.25) is 9.59 Å². The van der Waals surface area contributed by atoms with Gasteiger partial charge in [-0.25, -0.2) is 0 Å². The van der Waals surface area contributed by atoms with Crippen molar-refractivity contribution in [3.63, 3.8) is 0 Å². The number of esters is 1. The van der Waals surface area contributed by atoms with Crippen LogP contribution in [0.3, 0.4) is 0 Å². The first-order valence-corrected chi connectivity index (χ1v) is 8.26. The number of carbonyl (C=O) groups excluding carboxylic acids is 2. The summed E-state index contributed by atoms with van der Waals surface area (Å²) >= 11 is 0. The Balaban J connectivity index is 2.20. The summed E-state index contributed by atoms with van der Waals surface area (Å²) in [6.45, 7) is 1.15. The van der Waals surface area contributed by atoms with Gasteiger partial charge in [0.2, 0.25) is 6.10 Å². The minimum Gasteiger partial charge on any atom is -0.447 e. The molecule has 2 aromatic carbocycles. The first-order valence-electron chi connectivity index (χ1n) is 6.85. The SMILES string of the molecule is CC(=O)OC(C(N)=O)c1ccc(OS(=O)(=O)c2ccccc2)cc1. The lowest BCUT2D eigenvalue weighted by Gasteiger charge is -2.14. The monoisotopic (exact) mass is 349 g/mol. The molecule has 24 heavy (non-hydrogen) atoms. The lowest BCUT2D eigenvalue weighted by atomic mass is 10.1. The molecule has 0 aliphatic heterocycles. The molecule has 126 valence electrons. The molecule has 8 heteroatoms. The molecule has 2 rings (SSSR count). The van der Waals surface area contributed by atoms with Crippen molar-refractivity contribution in [3.8, 4) is 5.75 Å². The highest BCUT2D eigenvalue weighted by Crippen LogP contribution is 2.23. The standard InChI is InChI=1S/C16H15NO6S/c1-11(18)22-15(16(17)19)12-7-9-13(10-8-12)23-24(20,21)14-5-3-2-4-6-14/h2-10,15H,1H3,(H2,17,19). The fourth-order valence-corrected chi connectivity index (χ4v) is 2.87. The maximum atomic E-state index is 12.1. The largest absolute Gasteiger partial charge is 0.447 e. The molecule has 1 unspecified atom stereocenters. The Morgan fingerprint density at radius 3 is 2.08 bits per heavy atom. The lowest BCUT2D eigenvalue weighted by molar-refractivity contribution is -0.153. The van der Waals surface area contributed by atoms with Crippen molar-refractivity contribution >= 4 is 22.0 Å². The number of amides is 1. The maximum Gasteiger partial charge on any atom is 0.339 e. The van der Waals surface area contributed by atoms with Crippen LogP contribution in [0.2, 0.25) is 0 Å². The van der Waals surface area contributed by atoms with E-state index in [1.54, 1.807) is 18.2 Å². The van der Waals surface area contributed by atoms with Crippen molar-refractivity contribution in [1.29, 1.82) is 0 Å². The smallest absolute Gasteiger partial charge is 0.339 e. The van der Waals surface area contributed by atoms with E-state index in [0.29, 0.717) is 5.56 Å². The van der Waals surface area contributed by atoms with Crippen LogP contribution in [0.25, 0.3) is 0 Å². The molecule has 0 saturated carbocycles. The van der Waals surface area contributed by atoms with Crippen molar-refractivity contribution in [2.75, 3.05) is 0 Å². The number of rotatable bonds is 6. The van der Waals surface area contributed by atoms with Crippen molar-refractivity contribution in [1.82, 2.24) is 0 Å². The molecule has 0 radical (unpaired) electrons. The van der Waals surface area contributed by atoms with Crippen LogP contribution in [-0.2, 0) is 24.4 Å². The Morgan fingerprint density at radius 1 is 1.00 bits per heavy atom. The molecule has 0 aliphatic carbocycles. The molecule has 0 heterocycles. The average Bonchev–Trinajstić information content (AvgIpc) is 2.54. The van der Waals surface area contributed by atoms with Gasteiger partial charge in [-0.2, -0.15) is 8.42 Å². The molecule has 2 N–H and O–H groups in total. The van der Waals surface area contributed by atoms with E-state index in [4.69, 9.17) is 14.7 Å². The molecule has 0 spiro atoms. The number of benzene rings is 2. The quantitative estimate of drug-likeness (QED) is 0.625. The van der Waals surface area contributed by atoms with Crippen molar-refractivity contribution in [3.05, 3.63) is 60.2 Å². The van der Waals surface area contributed by atoms with E-state index in [9.17, 15) is 18.0 Å². The molecule has 7 nitrogen and oxygen atoms in total. The predicted molar refractivity (Wildman–Crippen MR) is 84.4 cm³/mol. The van der Waals surface area contributed by atoms with Crippen LogP contribution in [0.5, 0.6) is 5.75 Å². The van der Waals surface area contributed by atoms with Crippen molar-refractivity contribution in [2.45, 2.75) is 17.9 Å². The van der Waals surface area contributed by atoms with E-state index in [0.717, 1.165) is 6.92 Å². The van der Waals surface area contributed by atoms with Gasteiger partial charge in [0.25, 0.3) is 5.91 Å². The Hall–Kier alpha value is -2.87. The average molecular weight is 349 g/mol. The summed E-state index contributed by atoms with van der Waals surface area (Å²) in [5, 5.41) is 0. The molecule has 0 fully saturated rings. The van der Waals surface area contributed by atoms with Gasteiger partial charge in [0.1, 0.15) is 10.6 Å². The number of nitrogens with two attached hydrogens (primary N) is 1. The zero-order valence-corrected chi connectivity index (χ0v) is 13.5. The number of hydrogen-bond donors (Lipinski definition) is 1. The van der Waals surface area contributed by atoms with E-state index >= 15 is 0 Å². The summed E-state index contributed by atoms with van der Waals surface area (Å²) < 4.78 is 34.1. The second kappa shape index (κ2) is 7.14. The van der Waals surface area contributed by atoms with Crippen LogP contribution in [-0.4, -0.2) is 20.3 Å². The molecular formula is C16H15NO6S. The summed E-state index contributed by atoms with van der Waals surface area (Å²) in [5.41, 5.74) is 5.50. The fourth-order valence-electron chi connectivity index (χ4n) is 1.92. The van der Waals surface area contributed by atoms with E-state index in [1.807, 2.05) is 0 Å². The summed E-state index contributed by atoms with van der Waals surface area (Å²) in [4.78, 5) is 22.4. The molecular weight excluding hydrogens is 334 g/mol. The van der Waals surface area contributed by atoms with Gasteiger partial charge >= 0.3 is 16.1 Å². The van der Waals surface area contributed by atoms with Crippen LogP contribution in [0.4, 0.5) is 0 Å². The summed E-state index contributed by atoms with van der Waals surface area (Å²) in [6, 6.07) is 13.1. The molecule has 0 bridgehead atoms. The zero-order chi connectivity index (χ0) is 17.7. The first-order chi connectivity index (χ1) is 11.3. The normalized spacial score (nSPS) is 12.2. The van der Waals surface area contributed by atoms with E-state index in [-0.39, 0.29) is 10.6 Å². The number of primary amides is 1. The van der Waals surface area contributed by atoms with Crippen LogP contribution in [0.15, 0.2) is 59.5 Å². The number of ether oxygens (including phenoxy) is 1. The third-order valence-corrected chi connectivity index (χ3v) is 4.22. The highest BCUT2D eigenvalue weighted by atomic mass is 32.2. The van der Waals surface area contributed by atoms with E-state index in [2.05, 4.69) is 0 Å². The highest BCUT2D eigenvalue weighted by Gasteiger charge is 2.22. The molecule has 0 aromatic heterocycles. The lowest BCUT2D eigenvalue weighted by Crippen LogP contribution is -2.25. The van der Waals surface area contributed by atoms with E-state index in [1.165, 1.54) is 36.4 Å². The Kier molecular flexibility index (Phi) is 5.20. The summed E-state index contributed by atoms with van der Waals surface area (Å²) in [7, 11) is -3.96. The zero-order valence-electron chi connectivity index (χ0n) is 12.7. The van der Waals surface area contributed by atoms with Crippen molar-refractivity contribution < 1.29 is 26.9 Å². The van der Waals surface area contributed by atoms with Crippen LogP contribution in [0, 0.1) is 0 Å². The van der Waals surface area contributed by atoms with E-state index < -0.39 is 28.1 Å². The van der Waals surface area contributed by atoms with Gasteiger partial charge in [0.15, 0.2) is 0 Å². The van der Waals surface area contributed by atoms with Gasteiger partial charge < -0.3 is 14.7 Å². The van der Waals surface area contributed by atoms with Gasteiger partial charge in [0, 0.05) is 12.5 Å². The first kappa shape index (κ1) is 17.5. The van der Waals surface area contributed by atoms with Crippen LogP contribution in [0.1, 0.15) is 18.6 Å². The van der Waals surface area contributed by atoms with Gasteiger partial charge in [0.05, 0.1) is 0 Å². The second-order valence-electron chi connectivity index (χ2n) is 4.81. The van der Waals surface area contributed by atoms with Crippen LogP contribution < -0.4 is 9.92 Å². The number of hydrogen-bond acceptors (Lipinski definition) is 6. The summed E-state index contributed by atoms with van der Waals surface area (Å²) in [6.07, 6.45) is -1.25. The summed E-state index contributed by atoms with van der Waals surface area (Å²) in [5.74, 6) is -1.45. The molecule has 1 atom stereocenters. The fraction of sp³-hybridized carbons (Fsp3) is 0.125. The van der Waals surface area contributed by atoms with Crippen molar-refractivity contribution in [2.24, 2.45) is 5.73 Å². The van der Waals surface area contributed by atoms with Gasteiger partial charge in [-0.15, -0.1) is 0 Å². The van der Waals surface area contributed by atoms with Gasteiger partial charge in [-0.05, 0) is 24.3 Å². The minimum atomic E-state index is -3.96. The molecule has 1 amide bonds. The molecule has 0 aliphatic rings. The number of carbonyl (C=O) groups is 2. The second-order valence-corrected chi connectivity index (χ2v) is 6.36. The Bertz CT molecular complexity index is 831. The Morgan fingerprint density at radius 2 is 1.58 bits per heavy atom. The maximum absolute atomic E-state index is 12.1. The predicted octanol–water partition coefficient (Wildman–Crippen LogP) is 1.54. The van der Waals surface area contributed by atoms with Gasteiger partial charge in [-0.1, -0.05) is 30.3 Å². The van der Waals surface area contributed by atoms with Crippen LogP contribution >= 0.6 is 0 Å². The third-order valence-electron chi connectivity index (χ3n) is 2.96. The molecule has 0 saturated heterocycles. The minimum absolute atomic E-state index is 0.0176. The highest BCUT2D eigenvalue weighted by molar-refractivity contribution is 7.87. The topological polar surface area (TPSA) is 113 Å². The molecule has 2 aromatic rings. The third kappa shape index (κ3) is 4.32. The Labute approximate surface area is 139 Å².